The highest BCUT2D eigenvalue weighted by Gasteiger charge is 2.53. The summed E-state index contributed by atoms with van der Waals surface area (Å²) in [6, 6.07) is 3.67. The van der Waals surface area contributed by atoms with Gasteiger partial charge in [-0.15, -0.1) is 0 Å². The number of benzene rings is 1. The van der Waals surface area contributed by atoms with Crippen molar-refractivity contribution < 1.29 is 18.7 Å². The van der Waals surface area contributed by atoms with Crippen molar-refractivity contribution in [1.82, 2.24) is 10.2 Å². The van der Waals surface area contributed by atoms with Gasteiger partial charge in [-0.1, -0.05) is 17.7 Å². The molecule has 0 aromatic heterocycles. The third-order valence-electron chi connectivity index (χ3n) is 4.19. The molecule has 2 fully saturated rings. The highest BCUT2D eigenvalue weighted by molar-refractivity contribution is 6.30. The van der Waals surface area contributed by atoms with Crippen LogP contribution in [-0.4, -0.2) is 42.1 Å². The number of morpholine rings is 1. The highest BCUT2D eigenvalue weighted by Crippen LogP contribution is 2.38. The van der Waals surface area contributed by atoms with E-state index in [-0.39, 0.29) is 17.0 Å². The van der Waals surface area contributed by atoms with E-state index in [4.69, 9.17) is 22.1 Å². The molecule has 3 amide bonds. The predicted molar refractivity (Wildman–Crippen MR) is 81.4 cm³/mol. The van der Waals surface area contributed by atoms with E-state index in [2.05, 4.69) is 5.32 Å². The number of nitrogens with two attached hydrogens (primary N) is 1. The number of ether oxygens (including phenoxy) is 1. The smallest absolute Gasteiger partial charge is 0.313 e. The summed E-state index contributed by atoms with van der Waals surface area (Å²) in [4.78, 5) is 25.3. The summed E-state index contributed by atoms with van der Waals surface area (Å²) in [5.41, 5.74) is 4.98. The lowest BCUT2D eigenvalue weighted by molar-refractivity contribution is -0.142. The lowest BCUT2D eigenvalue weighted by Gasteiger charge is -2.35. The lowest BCUT2D eigenvalue weighted by atomic mass is 10.1. The van der Waals surface area contributed by atoms with Gasteiger partial charge in [-0.05, 0) is 30.5 Å². The monoisotopic (exact) mass is 341 g/mol. The molecule has 6 nitrogen and oxygen atoms in total. The van der Waals surface area contributed by atoms with Gasteiger partial charge >= 0.3 is 6.03 Å². The van der Waals surface area contributed by atoms with Gasteiger partial charge < -0.3 is 20.7 Å². The fourth-order valence-electron chi connectivity index (χ4n) is 2.80. The van der Waals surface area contributed by atoms with Crippen LogP contribution in [0.4, 0.5) is 9.18 Å². The Bertz CT molecular complexity index is 651. The summed E-state index contributed by atoms with van der Waals surface area (Å²) in [6.07, 6.45) is 0.786. The minimum Gasteiger partial charge on any atom is -0.370 e. The number of halogens is 2. The highest BCUT2D eigenvalue weighted by atomic mass is 35.5. The van der Waals surface area contributed by atoms with Gasteiger partial charge in [0, 0.05) is 6.54 Å². The predicted octanol–water partition coefficient (Wildman–Crippen LogP) is 1.58. The van der Waals surface area contributed by atoms with E-state index in [1.54, 1.807) is 11.0 Å². The Morgan fingerprint density at radius 1 is 1.43 bits per heavy atom. The van der Waals surface area contributed by atoms with Gasteiger partial charge in [-0.3, -0.25) is 4.79 Å². The number of primary amides is 1. The number of rotatable bonds is 3. The van der Waals surface area contributed by atoms with Crippen LogP contribution in [0, 0.1) is 5.82 Å². The summed E-state index contributed by atoms with van der Waals surface area (Å²) in [5, 5.41) is 2.55. The van der Waals surface area contributed by atoms with Gasteiger partial charge in [0.1, 0.15) is 17.5 Å². The molecule has 1 aliphatic carbocycles. The molecule has 1 saturated carbocycles. The Morgan fingerprint density at radius 2 is 2.17 bits per heavy atom. The van der Waals surface area contributed by atoms with Crippen molar-refractivity contribution in [3.63, 3.8) is 0 Å². The molecule has 1 unspecified atom stereocenters. The van der Waals surface area contributed by atoms with Gasteiger partial charge in [-0.25, -0.2) is 9.18 Å². The molecule has 124 valence electrons. The van der Waals surface area contributed by atoms with Crippen LogP contribution in [0.2, 0.25) is 5.02 Å². The van der Waals surface area contributed by atoms with Crippen molar-refractivity contribution in [3.8, 4) is 0 Å². The topological polar surface area (TPSA) is 84.7 Å². The summed E-state index contributed by atoms with van der Waals surface area (Å²) < 4.78 is 18.9. The minimum atomic E-state index is -0.867. The zero-order valence-corrected chi connectivity index (χ0v) is 13.1. The quantitative estimate of drug-likeness (QED) is 0.875. The second-order valence-corrected chi connectivity index (χ2v) is 6.26. The molecular formula is C15H17ClFN3O3. The van der Waals surface area contributed by atoms with Crippen molar-refractivity contribution in [2.45, 2.75) is 24.5 Å². The molecule has 1 aromatic carbocycles. The first-order chi connectivity index (χ1) is 10.9. The van der Waals surface area contributed by atoms with Crippen molar-refractivity contribution in [3.05, 3.63) is 34.6 Å². The molecule has 1 aromatic rings. The largest absolute Gasteiger partial charge is 0.370 e. The Kier molecular flexibility index (Phi) is 4.16. The van der Waals surface area contributed by atoms with Gasteiger partial charge in [0.2, 0.25) is 5.91 Å². The minimum absolute atomic E-state index is 0.0172. The molecule has 0 spiro atoms. The normalized spacial score (nSPS) is 22.5. The van der Waals surface area contributed by atoms with Crippen LogP contribution in [0.5, 0.6) is 0 Å². The SMILES string of the molecule is NC(=O)NC1(C(=O)N2CCOC(c3ccc(F)c(Cl)c3)C2)CC1. The third-order valence-corrected chi connectivity index (χ3v) is 4.48. The molecule has 1 aliphatic heterocycles. The van der Waals surface area contributed by atoms with Crippen LogP contribution in [0.1, 0.15) is 24.5 Å². The summed E-state index contributed by atoms with van der Waals surface area (Å²) in [5.74, 6) is -0.653. The standard InChI is InChI=1S/C15H17ClFN3O3/c16-10-7-9(1-2-11(10)17)12-8-20(5-6-23-12)13(21)15(3-4-15)19-14(18)22/h1-2,7,12H,3-6,8H2,(H3,18,19,22). The third kappa shape index (κ3) is 3.25. The Morgan fingerprint density at radius 3 is 2.78 bits per heavy atom. The molecule has 1 heterocycles. The fraction of sp³-hybridized carbons (Fsp3) is 0.467. The molecule has 1 atom stereocenters. The van der Waals surface area contributed by atoms with Crippen molar-refractivity contribution >= 4 is 23.5 Å². The van der Waals surface area contributed by atoms with Crippen LogP contribution in [0.3, 0.4) is 0 Å². The van der Waals surface area contributed by atoms with Crippen LogP contribution in [0.15, 0.2) is 18.2 Å². The maximum atomic E-state index is 13.3. The molecule has 8 heteroatoms. The van der Waals surface area contributed by atoms with Gasteiger partial charge in [-0.2, -0.15) is 0 Å². The number of carbonyl (C=O) groups is 2. The zero-order chi connectivity index (χ0) is 16.6. The van der Waals surface area contributed by atoms with E-state index >= 15 is 0 Å². The van der Waals surface area contributed by atoms with Crippen LogP contribution >= 0.6 is 11.6 Å². The second kappa shape index (κ2) is 5.98. The first-order valence-electron chi connectivity index (χ1n) is 7.35. The molecule has 2 aliphatic rings. The Labute approximate surface area is 137 Å². The molecular weight excluding hydrogens is 325 g/mol. The van der Waals surface area contributed by atoms with E-state index in [1.165, 1.54) is 12.1 Å². The lowest BCUT2D eigenvalue weighted by Crippen LogP contribution is -2.54. The van der Waals surface area contributed by atoms with Gasteiger partial charge in [0.15, 0.2) is 0 Å². The van der Waals surface area contributed by atoms with Gasteiger partial charge in [0.05, 0.1) is 18.2 Å². The van der Waals surface area contributed by atoms with E-state index in [9.17, 15) is 14.0 Å². The number of hydrogen-bond acceptors (Lipinski definition) is 3. The first kappa shape index (κ1) is 16.0. The second-order valence-electron chi connectivity index (χ2n) is 5.86. The van der Waals surface area contributed by atoms with Crippen LogP contribution < -0.4 is 11.1 Å². The van der Waals surface area contributed by atoms with Crippen molar-refractivity contribution in [1.29, 1.82) is 0 Å². The Hall–Kier alpha value is -1.86. The van der Waals surface area contributed by atoms with E-state index in [0.29, 0.717) is 38.1 Å². The van der Waals surface area contributed by atoms with E-state index < -0.39 is 17.4 Å². The maximum Gasteiger partial charge on any atom is 0.313 e. The maximum absolute atomic E-state index is 13.3. The van der Waals surface area contributed by atoms with Crippen molar-refractivity contribution in [2.24, 2.45) is 5.73 Å². The zero-order valence-electron chi connectivity index (χ0n) is 12.4. The van der Waals surface area contributed by atoms with Gasteiger partial charge in [0.25, 0.3) is 0 Å². The molecule has 23 heavy (non-hydrogen) atoms. The number of amides is 3. The van der Waals surface area contributed by atoms with E-state index in [1.807, 2.05) is 0 Å². The van der Waals surface area contributed by atoms with Crippen molar-refractivity contribution in [2.75, 3.05) is 19.7 Å². The number of hydrogen-bond donors (Lipinski definition) is 2. The summed E-state index contributed by atoms with van der Waals surface area (Å²) in [7, 11) is 0. The van der Waals surface area contributed by atoms with E-state index in [0.717, 1.165) is 0 Å². The fourth-order valence-corrected chi connectivity index (χ4v) is 2.99. The molecule has 1 saturated heterocycles. The molecule has 3 rings (SSSR count). The summed E-state index contributed by atoms with van der Waals surface area (Å²) >= 11 is 5.80. The average Bonchev–Trinajstić information content (AvgIpc) is 3.29. The molecule has 0 bridgehead atoms. The Balaban J connectivity index is 1.72. The van der Waals surface area contributed by atoms with Crippen LogP contribution in [0.25, 0.3) is 0 Å². The number of nitrogens with zero attached hydrogens (tertiary/aromatic N) is 1. The van der Waals surface area contributed by atoms with Crippen LogP contribution in [-0.2, 0) is 9.53 Å². The number of carbonyl (C=O) groups excluding carboxylic acids is 2. The molecule has 0 radical (unpaired) electrons. The first-order valence-corrected chi connectivity index (χ1v) is 7.73. The average molecular weight is 342 g/mol. The summed E-state index contributed by atoms with van der Waals surface area (Å²) in [6.45, 7) is 1.12. The number of urea groups is 1. The number of nitrogens with one attached hydrogen (secondary N) is 1. The molecule has 3 N–H and O–H groups in total.